The number of rotatable bonds is 9. The number of amides is 2. The molecule has 0 radical (unpaired) electrons. The van der Waals surface area contributed by atoms with Crippen molar-refractivity contribution < 1.29 is 14.7 Å². The number of carbonyl (C=O) groups excluding carboxylic acids is 2. The average Bonchev–Trinajstić information content (AvgIpc) is 3.98. The Balaban J connectivity index is 0.937. The Hall–Kier alpha value is -4.88. The first kappa shape index (κ1) is 33.9. The van der Waals surface area contributed by atoms with Crippen LogP contribution in [0.5, 0.6) is 0 Å². The molecule has 0 saturated carbocycles. The maximum atomic E-state index is 14.1. The van der Waals surface area contributed by atoms with E-state index in [1.54, 1.807) is 6.20 Å². The van der Waals surface area contributed by atoms with Gasteiger partial charge in [0.05, 0.1) is 22.5 Å². The smallest absolute Gasteiger partial charge is 0.278 e. The van der Waals surface area contributed by atoms with Gasteiger partial charge in [0, 0.05) is 86.8 Å². The summed E-state index contributed by atoms with van der Waals surface area (Å²) in [6, 6.07) is 18.2. The summed E-state index contributed by atoms with van der Waals surface area (Å²) in [7, 11) is 0. The number of nitrogens with zero attached hydrogens (tertiary/aromatic N) is 6. The summed E-state index contributed by atoms with van der Waals surface area (Å²) in [4.78, 5) is 39.2. The zero-order valence-electron chi connectivity index (χ0n) is 29.4. The van der Waals surface area contributed by atoms with Crippen LogP contribution in [0.25, 0.3) is 22.0 Å². The van der Waals surface area contributed by atoms with Crippen LogP contribution < -0.4 is 20.9 Å². The van der Waals surface area contributed by atoms with Gasteiger partial charge in [0.2, 0.25) is 5.91 Å². The van der Waals surface area contributed by atoms with Crippen LogP contribution in [0.15, 0.2) is 67.0 Å². The molecule has 4 aliphatic rings. The summed E-state index contributed by atoms with van der Waals surface area (Å²) in [6.45, 7) is 4.34. The lowest BCUT2D eigenvalue weighted by molar-refractivity contribution is -0.119. The number of pyridine rings is 2. The Morgan fingerprint density at radius 2 is 1.89 bits per heavy atom. The second-order valence-corrected chi connectivity index (χ2v) is 15.0. The van der Waals surface area contributed by atoms with Crippen molar-refractivity contribution in [3.8, 4) is 11.1 Å². The predicted molar refractivity (Wildman–Crippen MR) is 204 cm³/mol. The normalized spacial score (nSPS) is 21.2. The van der Waals surface area contributed by atoms with Gasteiger partial charge in [0.25, 0.3) is 5.91 Å². The Morgan fingerprint density at radius 1 is 1.00 bits per heavy atom. The summed E-state index contributed by atoms with van der Waals surface area (Å²) in [5.41, 5.74) is 7.83. The topological polar surface area (TPSA) is 141 Å². The highest BCUT2D eigenvalue weighted by atomic mass is 35.5. The number of halogens is 1. The van der Waals surface area contributed by atoms with Crippen LogP contribution in [0.4, 0.5) is 17.2 Å². The van der Waals surface area contributed by atoms with E-state index in [9.17, 15) is 14.7 Å². The third-order valence-electron chi connectivity index (χ3n) is 11.1. The minimum absolute atomic E-state index is 0.0868. The highest BCUT2D eigenvalue weighted by molar-refractivity contribution is 6.36. The molecule has 7 heterocycles. The zero-order valence-corrected chi connectivity index (χ0v) is 30.1. The second kappa shape index (κ2) is 14.2. The summed E-state index contributed by atoms with van der Waals surface area (Å²) in [5, 5.41) is 26.3. The molecule has 5 aromatic rings. The van der Waals surface area contributed by atoms with E-state index < -0.39 is 0 Å². The minimum atomic E-state index is -0.258. The number of hydrogen-bond donors (Lipinski definition) is 4. The van der Waals surface area contributed by atoms with Gasteiger partial charge in [0.15, 0.2) is 11.5 Å². The molecular weight excluding hydrogens is 690 g/mol. The Labute approximate surface area is 312 Å². The highest BCUT2D eigenvalue weighted by Gasteiger charge is 2.32. The van der Waals surface area contributed by atoms with Crippen molar-refractivity contribution in [1.29, 1.82) is 0 Å². The molecule has 0 spiro atoms. The fourth-order valence-electron chi connectivity index (χ4n) is 8.41. The number of aryl methyl sites for hydroxylation is 1. The van der Waals surface area contributed by atoms with Crippen molar-refractivity contribution in [3.05, 3.63) is 94.5 Å². The molecule has 3 atom stereocenters. The lowest BCUT2D eigenvalue weighted by atomic mass is 9.97. The third-order valence-corrected chi connectivity index (χ3v) is 11.5. The molecule has 13 heteroatoms. The van der Waals surface area contributed by atoms with Crippen molar-refractivity contribution >= 4 is 51.5 Å². The van der Waals surface area contributed by atoms with Crippen LogP contribution in [0.3, 0.4) is 0 Å². The molecule has 53 heavy (non-hydrogen) atoms. The first-order valence-electron chi connectivity index (χ1n) is 18.6. The molecule has 2 fully saturated rings. The number of aromatic nitrogens is 4. The standard InChI is InChI=1S/C40H42ClN9O3/c41-37-30(5-1-6-32(37)46-39-38-25(11-14-42-39)18-24(20-44-38)22-48-16-12-27(51)23-48)28-4-2-8-34-29(28)13-17-49(34)40(53)33-19-35-31(7-3-15-50(35)47-33)43-21-26-9-10-36(52)45-26/h1-2,4-6,8,11,14,18-20,26-27,31,43,51H,3,7,9-10,12-13,15-17,21-23H2,(H,42,46)(H,45,52)/t26-,27+,31?/m0/s1. The molecule has 0 bridgehead atoms. The summed E-state index contributed by atoms with van der Waals surface area (Å²) in [5.74, 6) is 0.618. The molecule has 4 aliphatic heterocycles. The van der Waals surface area contributed by atoms with E-state index in [2.05, 4.69) is 38.0 Å². The van der Waals surface area contributed by atoms with Crippen molar-refractivity contribution in [2.24, 2.45) is 0 Å². The van der Waals surface area contributed by atoms with Gasteiger partial charge in [-0.25, -0.2) is 4.98 Å². The van der Waals surface area contributed by atoms with Crippen molar-refractivity contribution in [3.63, 3.8) is 0 Å². The number of aliphatic hydroxyl groups is 1. The fraction of sp³-hybridized carbons (Fsp3) is 0.375. The van der Waals surface area contributed by atoms with E-state index in [1.807, 2.05) is 58.2 Å². The van der Waals surface area contributed by atoms with E-state index in [0.717, 1.165) is 89.9 Å². The van der Waals surface area contributed by atoms with Crippen LogP contribution in [0.2, 0.25) is 5.02 Å². The molecular formula is C40H42ClN9O3. The van der Waals surface area contributed by atoms with Crippen molar-refractivity contribution in [1.82, 2.24) is 35.3 Å². The van der Waals surface area contributed by atoms with Gasteiger partial charge in [-0.05, 0) is 79.1 Å². The van der Waals surface area contributed by atoms with Gasteiger partial charge in [-0.1, -0.05) is 35.9 Å². The highest BCUT2D eigenvalue weighted by Crippen LogP contribution is 2.42. The number of likely N-dealkylation sites (tertiary alicyclic amines) is 1. The monoisotopic (exact) mass is 731 g/mol. The molecule has 2 aromatic carbocycles. The number of aliphatic hydroxyl groups excluding tert-OH is 1. The summed E-state index contributed by atoms with van der Waals surface area (Å²) < 4.78 is 1.97. The van der Waals surface area contributed by atoms with Gasteiger partial charge in [-0.3, -0.25) is 24.2 Å². The predicted octanol–water partition coefficient (Wildman–Crippen LogP) is 5.36. The molecule has 12 nitrogen and oxygen atoms in total. The van der Waals surface area contributed by atoms with Crippen LogP contribution in [-0.4, -0.2) is 79.9 Å². The maximum Gasteiger partial charge on any atom is 0.278 e. The van der Waals surface area contributed by atoms with Gasteiger partial charge in [-0.15, -0.1) is 0 Å². The summed E-state index contributed by atoms with van der Waals surface area (Å²) >= 11 is 7.16. The molecule has 2 saturated heterocycles. The van der Waals surface area contributed by atoms with E-state index >= 15 is 0 Å². The number of anilines is 3. The minimum Gasteiger partial charge on any atom is -0.392 e. The maximum absolute atomic E-state index is 14.1. The largest absolute Gasteiger partial charge is 0.392 e. The lowest BCUT2D eigenvalue weighted by Gasteiger charge is -2.25. The first-order valence-corrected chi connectivity index (χ1v) is 19.0. The van der Waals surface area contributed by atoms with Crippen LogP contribution in [0, 0.1) is 0 Å². The van der Waals surface area contributed by atoms with Gasteiger partial charge >= 0.3 is 0 Å². The molecule has 2 amide bonds. The number of benzene rings is 2. The van der Waals surface area contributed by atoms with Gasteiger partial charge in [0.1, 0.15) is 5.52 Å². The molecule has 9 rings (SSSR count). The molecule has 1 unspecified atom stereocenters. The average molecular weight is 732 g/mol. The van der Waals surface area contributed by atoms with Gasteiger partial charge < -0.3 is 26.0 Å². The lowest BCUT2D eigenvalue weighted by Crippen LogP contribution is -2.38. The van der Waals surface area contributed by atoms with Crippen LogP contribution in [-0.2, 0) is 24.3 Å². The second-order valence-electron chi connectivity index (χ2n) is 14.6. The number of β-amino-alcohol motifs (C(OH)–C–C–N with tert-alkyl or cyclic N) is 1. The Kier molecular flexibility index (Phi) is 9.07. The van der Waals surface area contributed by atoms with Crippen LogP contribution >= 0.6 is 11.6 Å². The van der Waals surface area contributed by atoms with E-state index in [4.69, 9.17) is 21.7 Å². The van der Waals surface area contributed by atoms with E-state index in [0.29, 0.717) is 54.7 Å². The quantitative estimate of drug-likeness (QED) is 0.158. The van der Waals surface area contributed by atoms with E-state index in [-0.39, 0.29) is 30.0 Å². The molecule has 4 N–H and O–H groups in total. The summed E-state index contributed by atoms with van der Waals surface area (Å²) in [6.07, 6.45) is 8.25. The number of carbonyl (C=O) groups is 2. The fourth-order valence-corrected chi connectivity index (χ4v) is 8.68. The van der Waals surface area contributed by atoms with Gasteiger partial charge in [-0.2, -0.15) is 5.10 Å². The number of hydrogen-bond acceptors (Lipinski definition) is 9. The number of nitrogens with one attached hydrogen (secondary N) is 3. The molecule has 3 aromatic heterocycles. The SMILES string of the molecule is O=C1CC[C@@H](CNC2CCCn3nc(C(=O)N4CCc5c(-c6cccc(Nc7nccc8cc(CN9CC[C@@H](O)C9)cnc78)c6Cl)cccc54)cc32)N1. The van der Waals surface area contributed by atoms with Crippen molar-refractivity contribution in [2.75, 3.05) is 36.4 Å². The third kappa shape index (κ3) is 6.65. The zero-order chi connectivity index (χ0) is 36.1. The van der Waals surface area contributed by atoms with E-state index in [1.165, 1.54) is 0 Å². The van der Waals surface area contributed by atoms with Crippen LogP contribution in [0.1, 0.15) is 65.5 Å². The number of fused-ring (bicyclic) bond motifs is 3. The Bertz CT molecular complexity index is 2220. The first-order chi connectivity index (χ1) is 25.9. The van der Waals surface area contributed by atoms with Crippen molar-refractivity contribution in [2.45, 2.75) is 69.8 Å². The Morgan fingerprint density at radius 3 is 2.74 bits per heavy atom. The molecule has 272 valence electrons. The molecule has 0 aliphatic carbocycles.